The Bertz CT molecular complexity index is 894. The first-order valence-electron chi connectivity index (χ1n) is 9.38. The maximum Gasteiger partial charge on any atom is 0.306 e. The summed E-state index contributed by atoms with van der Waals surface area (Å²) in [6.07, 6.45) is -0.129. The molecule has 0 saturated carbocycles. The minimum atomic E-state index is -4.94. The van der Waals surface area contributed by atoms with E-state index in [1.807, 2.05) is 51.2 Å². The standard InChI is InChI=1S/C20H27N6.ClHO4/c1-16-23-26(4,5)20(25(16)3)22-21-18-11-13-19(14-12-18)24(2)15-17-9-7-6-8-10-17;2-1(3,4)5/h6-14,20H,15H2,1-5H3;(H,2,3,4,5)/q+1;/p-1. The molecule has 3 rings (SSSR count). The van der Waals surface area contributed by atoms with Gasteiger partial charge in [0.25, 0.3) is 0 Å². The van der Waals surface area contributed by atoms with E-state index in [0.717, 1.165) is 23.8 Å². The molecule has 0 aromatic heterocycles. The normalized spacial score (nSPS) is 17.9. The van der Waals surface area contributed by atoms with E-state index >= 15 is 0 Å². The molecule has 0 aliphatic carbocycles. The summed E-state index contributed by atoms with van der Waals surface area (Å²) < 4.78 is 34.4. The highest BCUT2D eigenvalue weighted by atomic mass is 35.7. The first-order chi connectivity index (χ1) is 14.4. The largest absolute Gasteiger partial charge is 0.370 e. The minimum Gasteiger partial charge on any atom is -0.370 e. The van der Waals surface area contributed by atoms with E-state index in [1.54, 1.807) is 0 Å². The molecule has 1 unspecified atom stereocenters. The molecule has 1 atom stereocenters. The number of benzene rings is 2. The van der Waals surface area contributed by atoms with Crippen LogP contribution in [0.2, 0.25) is 0 Å². The van der Waals surface area contributed by atoms with Crippen molar-refractivity contribution in [3.8, 4) is 0 Å². The molecule has 1 aliphatic heterocycles. The molecule has 1 heterocycles. The predicted octanol–water partition coefficient (Wildman–Crippen LogP) is -0.710. The fourth-order valence-electron chi connectivity index (χ4n) is 3.13. The van der Waals surface area contributed by atoms with E-state index in [4.69, 9.17) is 18.6 Å². The fraction of sp³-hybridized carbons (Fsp3) is 0.350. The number of amidine groups is 1. The van der Waals surface area contributed by atoms with E-state index in [9.17, 15) is 0 Å². The Morgan fingerprint density at radius 1 is 1.03 bits per heavy atom. The summed E-state index contributed by atoms with van der Waals surface area (Å²) in [4.78, 5) is 4.27. The molecular formula is C20H27ClN6O4. The zero-order chi connectivity index (χ0) is 23.2. The van der Waals surface area contributed by atoms with Gasteiger partial charge in [-0.1, -0.05) is 35.4 Å². The number of azo groups is 1. The van der Waals surface area contributed by atoms with Crippen molar-refractivity contribution in [2.45, 2.75) is 19.8 Å². The lowest BCUT2D eigenvalue weighted by Crippen LogP contribution is -2.68. The van der Waals surface area contributed by atoms with Gasteiger partial charge >= 0.3 is 6.29 Å². The van der Waals surface area contributed by atoms with Crippen molar-refractivity contribution in [2.75, 3.05) is 33.1 Å². The second kappa shape index (κ2) is 10.1. The number of hydrogen-bond acceptors (Lipinski definition) is 9. The molecule has 0 spiro atoms. The van der Waals surface area contributed by atoms with Crippen LogP contribution in [0.1, 0.15) is 12.5 Å². The third-order valence-electron chi connectivity index (χ3n) is 4.65. The van der Waals surface area contributed by atoms with Gasteiger partial charge in [-0.2, -0.15) is 4.59 Å². The molecule has 31 heavy (non-hydrogen) atoms. The van der Waals surface area contributed by atoms with Gasteiger partial charge in [0, 0.05) is 26.3 Å². The Labute approximate surface area is 184 Å². The molecule has 0 fully saturated rings. The molecule has 0 saturated heterocycles. The predicted molar refractivity (Wildman–Crippen MR) is 106 cm³/mol. The molecule has 10 nitrogen and oxygen atoms in total. The van der Waals surface area contributed by atoms with Crippen LogP contribution in [-0.2, 0) is 6.54 Å². The van der Waals surface area contributed by atoms with Gasteiger partial charge in [0.1, 0.15) is 0 Å². The van der Waals surface area contributed by atoms with Crippen molar-refractivity contribution in [1.29, 1.82) is 0 Å². The van der Waals surface area contributed by atoms with Crippen molar-refractivity contribution < 1.29 is 33.5 Å². The van der Waals surface area contributed by atoms with Crippen molar-refractivity contribution in [1.82, 2.24) is 4.90 Å². The van der Waals surface area contributed by atoms with Crippen LogP contribution in [0, 0.1) is 10.2 Å². The summed E-state index contributed by atoms with van der Waals surface area (Å²) in [7, 11) is 3.20. The average Bonchev–Trinajstić information content (AvgIpc) is 2.87. The van der Waals surface area contributed by atoms with E-state index < -0.39 is 10.2 Å². The summed E-state index contributed by atoms with van der Waals surface area (Å²) in [6.45, 7) is 2.86. The molecule has 0 amide bonds. The number of rotatable bonds is 5. The van der Waals surface area contributed by atoms with Crippen LogP contribution in [0.5, 0.6) is 0 Å². The lowest BCUT2D eigenvalue weighted by molar-refractivity contribution is -2.00. The number of anilines is 1. The zero-order valence-corrected chi connectivity index (χ0v) is 18.9. The second-order valence-corrected chi connectivity index (χ2v) is 8.29. The highest BCUT2D eigenvalue weighted by molar-refractivity contribution is 5.79. The third-order valence-corrected chi connectivity index (χ3v) is 4.65. The zero-order valence-electron chi connectivity index (χ0n) is 18.2. The maximum absolute atomic E-state index is 8.49. The van der Waals surface area contributed by atoms with Crippen LogP contribution in [0.15, 0.2) is 69.9 Å². The summed E-state index contributed by atoms with van der Waals surface area (Å²) >= 11 is 0. The topological polar surface area (TPSA) is 136 Å². The smallest absolute Gasteiger partial charge is 0.306 e. The molecule has 1 aliphatic rings. The van der Waals surface area contributed by atoms with Crippen LogP contribution < -0.4 is 23.5 Å². The van der Waals surface area contributed by atoms with E-state index in [-0.39, 0.29) is 6.29 Å². The first kappa shape index (κ1) is 24.7. The molecule has 2 aromatic rings. The highest BCUT2D eigenvalue weighted by Gasteiger charge is 2.40. The Kier molecular flexibility index (Phi) is 8.07. The first-order valence-corrected chi connectivity index (χ1v) is 10.6. The number of nitrogens with zero attached hydrogens (tertiary/aromatic N) is 6. The van der Waals surface area contributed by atoms with E-state index in [1.165, 1.54) is 5.56 Å². The lowest BCUT2D eigenvalue weighted by atomic mass is 10.2. The van der Waals surface area contributed by atoms with E-state index in [2.05, 4.69) is 63.7 Å². The van der Waals surface area contributed by atoms with Gasteiger partial charge < -0.3 is 4.90 Å². The Hall–Kier alpha value is -2.60. The third kappa shape index (κ3) is 7.87. The minimum absolute atomic E-state index is 0.129. The van der Waals surface area contributed by atoms with Crippen LogP contribution in [0.25, 0.3) is 0 Å². The molecular weight excluding hydrogens is 424 g/mol. The summed E-state index contributed by atoms with van der Waals surface area (Å²) in [5.74, 6) is 0.969. The summed E-state index contributed by atoms with van der Waals surface area (Å²) in [6, 6.07) is 18.6. The molecule has 2 aromatic carbocycles. The molecule has 0 bridgehead atoms. The Balaban J connectivity index is 0.000000614. The van der Waals surface area contributed by atoms with E-state index in [0.29, 0.717) is 4.59 Å². The van der Waals surface area contributed by atoms with Crippen molar-refractivity contribution in [3.63, 3.8) is 0 Å². The van der Waals surface area contributed by atoms with Crippen LogP contribution in [0.4, 0.5) is 11.4 Å². The molecule has 11 heteroatoms. The number of halogens is 1. The van der Waals surface area contributed by atoms with Crippen LogP contribution in [-0.4, -0.2) is 49.8 Å². The fourth-order valence-corrected chi connectivity index (χ4v) is 3.13. The van der Waals surface area contributed by atoms with Gasteiger partial charge in [-0.3, -0.25) is 4.90 Å². The maximum atomic E-state index is 8.49. The average molecular weight is 451 g/mol. The van der Waals surface area contributed by atoms with Crippen LogP contribution in [0.3, 0.4) is 0 Å². The Morgan fingerprint density at radius 2 is 1.58 bits per heavy atom. The summed E-state index contributed by atoms with van der Waals surface area (Å²) in [5.41, 5.74) is 3.29. The number of hydrogen-bond donors (Lipinski definition) is 0. The lowest BCUT2D eigenvalue weighted by Gasteiger charge is -2.25. The Morgan fingerprint density at radius 3 is 2.06 bits per heavy atom. The van der Waals surface area contributed by atoms with Gasteiger partial charge in [-0.25, -0.2) is 18.6 Å². The SMILES string of the molecule is CC1=N[N+](C)(C)C(N=Nc2ccc(N(C)Cc3ccccc3)cc2)N1C.[O-][Cl+3]([O-])([O-])[O-]. The second-order valence-electron chi connectivity index (χ2n) is 7.54. The molecule has 0 radical (unpaired) electrons. The van der Waals surface area contributed by atoms with Crippen LogP contribution >= 0.6 is 0 Å². The highest BCUT2D eigenvalue weighted by Crippen LogP contribution is 2.25. The van der Waals surface area contributed by atoms with Gasteiger partial charge in [-0.15, -0.1) is 20.5 Å². The number of quaternary nitrogens is 1. The summed E-state index contributed by atoms with van der Waals surface area (Å²) in [5, 5.41) is 13.5. The van der Waals surface area contributed by atoms with Crippen molar-refractivity contribution in [3.05, 3.63) is 60.2 Å². The molecule has 0 N–H and O–H groups in total. The monoisotopic (exact) mass is 450 g/mol. The van der Waals surface area contributed by atoms with Crippen molar-refractivity contribution in [2.24, 2.45) is 15.3 Å². The van der Waals surface area contributed by atoms with Gasteiger partial charge in [-0.05, 0) is 36.8 Å². The quantitative estimate of drug-likeness (QED) is 0.436. The van der Waals surface area contributed by atoms with Gasteiger partial charge in [0.2, 0.25) is 0 Å². The van der Waals surface area contributed by atoms with Gasteiger partial charge in [0.15, 0.2) is 5.84 Å². The van der Waals surface area contributed by atoms with Crippen molar-refractivity contribution >= 4 is 17.2 Å². The molecule has 168 valence electrons. The van der Waals surface area contributed by atoms with Gasteiger partial charge in [0.05, 0.1) is 19.8 Å².